The second-order valence-electron chi connectivity index (χ2n) is 5.14. The molecule has 0 spiro atoms. The Morgan fingerprint density at radius 3 is 2.64 bits per heavy atom. The predicted molar refractivity (Wildman–Crippen MR) is 95.8 cm³/mol. The minimum Gasteiger partial charge on any atom is -0.481 e. The summed E-state index contributed by atoms with van der Waals surface area (Å²) < 4.78 is 24.2. The molecule has 0 amide bonds. The molecule has 0 N–H and O–H groups in total. The molecule has 1 atom stereocenters. The summed E-state index contributed by atoms with van der Waals surface area (Å²) in [7, 11) is 0. The van der Waals surface area contributed by atoms with Gasteiger partial charge < -0.3 is 9.15 Å². The Kier molecular flexibility index (Phi) is 5.83. The number of rotatable bonds is 6. The molecule has 0 aliphatic rings. The highest BCUT2D eigenvalue weighted by Crippen LogP contribution is 2.29. The van der Waals surface area contributed by atoms with Crippen molar-refractivity contribution in [3.63, 3.8) is 0 Å². The van der Waals surface area contributed by atoms with E-state index in [4.69, 9.17) is 32.4 Å². The molecule has 0 bridgehead atoms. The van der Waals surface area contributed by atoms with Gasteiger partial charge in [-0.15, -0.1) is 10.2 Å². The van der Waals surface area contributed by atoms with Crippen LogP contribution >= 0.6 is 35.0 Å². The molecule has 0 aliphatic heterocycles. The molecule has 4 nitrogen and oxygen atoms in total. The summed E-state index contributed by atoms with van der Waals surface area (Å²) in [6, 6.07) is 11.1. The zero-order valence-electron chi connectivity index (χ0n) is 13.1. The van der Waals surface area contributed by atoms with Crippen LogP contribution in [0.3, 0.4) is 0 Å². The fourth-order valence-electron chi connectivity index (χ4n) is 1.99. The summed E-state index contributed by atoms with van der Waals surface area (Å²) in [5.41, 5.74) is 0.923. The van der Waals surface area contributed by atoms with E-state index < -0.39 is 6.10 Å². The highest BCUT2D eigenvalue weighted by Gasteiger charge is 2.16. The van der Waals surface area contributed by atoms with Crippen molar-refractivity contribution in [2.24, 2.45) is 0 Å². The molecular weight excluding hydrogens is 386 g/mol. The van der Waals surface area contributed by atoms with E-state index in [-0.39, 0.29) is 5.82 Å². The van der Waals surface area contributed by atoms with Crippen LogP contribution in [0.5, 0.6) is 5.75 Å². The van der Waals surface area contributed by atoms with E-state index >= 15 is 0 Å². The van der Waals surface area contributed by atoms with Crippen LogP contribution < -0.4 is 4.74 Å². The molecule has 0 saturated heterocycles. The van der Waals surface area contributed by atoms with Gasteiger partial charge in [-0.2, -0.15) is 0 Å². The smallest absolute Gasteiger partial charge is 0.277 e. The Balaban J connectivity index is 1.60. The molecule has 0 radical (unpaired) electrons. The first-order chi connectivity index (χ1) is 12.0. The van der Waals surface area contributed by atoms with Crippen LogP contribution in [0.15, 0.2) is 52.1 Å². The zero-order chi connectivity index (χ0) is 17.8. The zero-order valence-corrected chi connectivity index (χ0v) is 15.4. The topological polar surface area (TPSA) is 48.2 Å². The molecule has 3 rings (SSSR count). The second kappa shape index (κ2) is 8.08. The molecule has 0 aliphatic carbocycles. The number of hydrogen-bond donors (Lipinski definition) is 0. The highest BCUT2D eigenvalue weighted by atomic mass is 35.5. The molecular formula is C17H13Cl2FN2O2S. The molecule has 0 fully saturated rings. The van der Waals surface area contributed by atoms with Crippen molar-refractivity contribution in [3.8, 4) is 5.75 Å². The van der Waals surface area contributed by atoms with Crippen LogP contribution in [0, 0.1) is 5.82 Å². The maximum Gasteiger partial charge on any atom is 0.277 e. The molecule has 130 valence electrons. The average Bonchev–Trinajstić information content (AvgIpc) is 3.05. The van der Waals surface area contributed by atoms with Gasteiger partial charge in [0, 0.05) is 15.8 Å². The van der Waals surface area contributed by atoms with Crippen molar-refractivity contribution in [1.29, 1.82) is 0 Å². The van der Waals surface area contributed by atoms with Crippen LogP contribution in [-0.2, 0) is 5.75 Å². The number of ether oxygens (including phenoxy) is 1. The van der Waals surface area contributed by atoms with Crippen LogP contribution in [0.4, 0.5) is 4.39 Å². The molecule has 8 heteroatoms. The van der Waals surface area contributed by atoms with Gasteiger partial charge in [0.05, 0.1) is 0 Å². The van der Waals surface area contributed by atoms with Gasteiger partial charge >= 0.3 is 0 Å². The van der Waals surface area contributed by atoms with Crippen LogP contribution in [0.1, 0.15) is 24.5 Å². The summed E-state index contributed by atoms with van der Waals surface area (Å²) in [4.78, 5) is 0. The maximum absolute atomic E-state index is 12.9. The molecule has 1 unspecified atom stereocenters. The third kappa shape index (κ3) is 4.87. The predicted octanol–water partition coefficient (Wildman–Crippen LogP) is 5.95. The molecule has 0 saturated carbocycles. The lowest BCUT2D eigenvalue weighted by molar-refractivity contribution is 0.181. The number of halogens is 3. The number of aromatic nitrogens is 2. The van der Waals surface area contributed by atoms with Gasteiger partial charge in [-0.25, -0.2) is 4.39 Å². The van der Waals surface area contributed by atoms with Crippen molar-refractivity contribution >= 4 is 35.0 Å². The number of nitrogens with zero attached hydrogens (tertiary/aromatic N) is 2. The van der Waals surface area contributed by atoms with Crippen LogP contribution in [-0.4, -0.2) is 10.2 Å². The van der Waals surface area contributed by atoms with Gasteiger partial charge in [0.2, 0.25) is 0 Å². The minimum atomic E-state index is -0.452. The van der Waals surface area contributed by atoms with Crippen molar-refractivity contribution in [3.05, 3.63) is 69.8 Å². The van der Waals surface area contributed by atoms with Gasteiger partial charge in [-0.1, -0.05) is 41.0 Å². The quantitative estimate of drug-likeness (QED) is 0.480. The summed E-state index contributed by atoms with van der Waals surface area (Å²) in [6.45, 7) is 1.78. The summed E-state index contributed by atoms with van der Waals surface area (Å²) in [6.07, 6.45) is -0.452. The second-order valence-corrected chi connectivity index (χ2v) is 6.91. The normalized spacial score (nSPS) is 12.2. The third-order valence-corrected chi connectivity index (χ3v) is 4.72. The largest absolute Gasteiger partial charge is 0.481 e. The van der Waals surface area contributed by atoms with E-state index in [0.29, 0.717) is 32.7 Å². The van der Waals surface area contributed by atoms with Gasteiger partial charge in [0.25, 0.3) is 11.1 Å². The minimum absolute atomic E-state index is 0.322. The van der Waals surface area contributed by atoms with Crippen LogP contribution in [0.25, 0.3) is 0 Å². The van der Waals surface area contributed by atoms with Crippen molar-refractivity contribution in [2.45, 2.75) is 24.0 Å². The number of benzene rings is 2. The first-order valence-electron chi connectivity index (χ1n) is 7.33. The Morgan fingerprint density at radius 1 is 1.16 bits per heavy atom. The fraction of sp³-hybridized carbons (Fsp3) is 0.176. The van der Waals surface area contributed by atoms with E-state index in [9.17, 15) is 4.39 Å². The lowest BCUT2D eigenvalue weighted by Crippen LogP contribution is -2.03. The summed E-state index contributed by atoms with van der Waals surface area (Å²) in [5.74, 6) is 1.12. The lowest BCUT2D eigenvalue weighted by Gasteiger charge is -2.10. The summed E-state index contributed by atoms with van der Waals surface area (Å²) in [5, 5.41) is 9.57. The summed E-state index contributed by atoms with van der Waals surface area (Å²) >= 11 is 13.4. The molecule has 1 heterocycles. The van der Waals surface area contributed by atoms with E-state index in [1.165, 1.54) is 23.9 Å². The van der Waals surface area contributed by atoms with Gasteiger partial charge in [0.15, 0.2) is 6.10 Å². The Labute approximate surface area is 158 Å². The SMILES string of the molecule is CC(Oc1ccc(F)cc1)c1nnc(SCc2ccc(Cl)cc2Cl)o1. The van der Waals surface area contributed by atoms with E-state index in [0.717, 1.165) is 5.56 Å². The number of thioether (sulfide) groups is 1. The monoisotopic (exact) mass is 398 g/mol. The average molecular weight is 399 g/mol. The Hall–Kier alpha value is -1.76. The maximum atomic E-state index is 12.9. The first kappa shape index (κ1) is 18.0. The molecule has 2 aromatic carbocycles. The molecule has 1 aromatic heterocycles. The lowest BCUT2D eigenvalue weighted by atomic mass is 10.2. The van der Waals surface area contributed by atoms with E-state index in [1.807, 2.05) is 6.07 Å². The first-order valence-corrected chi connectivity index (χ1v) is 9.08. The third-order valence-electron chi connectivity index (χ3n) is 3.26. The van der Waals surface area contributed by atoms with E-state index in [1.54, 1.807) is 31.2 Å². The Morgan fingerprint density at radius 2 is 1.92 bits per heavy atom. The van der Waals surface area contributed by atoms with E-state index in [2.05, 4.69) is 10.2 Å². The standard InChI is InChI=1S/C17H13Cl2FN2O2S/c1-10(23-14-6-4-13(20)5-7-14)16-21-22-17(24-16)25-9-11-2-3-12(18)8-15(11)19/h2-8,10H,9H2,1H3. The Bertz CT molecular complexity index is 858. The molecule has 3 aromatic rings. The van der Waals surface area contributed by atoms with Crippen molar-refractivity contribution in [2.75, 3.05) is 0 Å². The number of hydrogen-bond acceptors (Lipinski definition) is 5. The van der Waals surface area contributed by atoms with Gasteiger partial charge in [-0.05, 0) is 48.9 Å². The fourth-order valence-corrected chi connectivity index (χ4v) is 3.32. The van der Waals surface area contributed by atoms with Crippen LogP contribution in [0.2, 0.25) is 10.0 Å². The van der Waals surface area contributed by atoms with Crippen molar-refractivity contribution in [1.82, 2.24) is 10.2 Å². The van der Waals surface area contributed by atoms with Gasteiger partial charge in [-0.3, -0.25) is 0 Å². The highest BCUT2D eigenvalue weighted by molar-refractivity contribution is 7.98. The van der Waals surface area contributed by atoms with Crippen molar-refractivity contribution < 1.29 is 13.5 Å². The molecule has 25 heavy (non-hydrogen) atoms. The van der Waals surface area contributed by atoms with Gasteiger partial charge in [0.1, 0.15) is 11.6 Å².